The molecule has 1 N–H and O–H groups in total. The van der Waals surface area contributed by atoms with E-state index in [0.29, 0.717) is 36.2 Å². The van der Waals surface area contributed by atoms with Gasteiger partial charge in [-0.15, -0.1) is 0 Å². The molecule has 4 rings (SSSR count). The second-order valence-corrected chi connectivity index (χ2v) is 6.74. The minimum Gasteiger partial charge on any atom is -0.345 e. The summed E-state index contributed by atoms with van der Waals surface area (Å²) >= 11 is 0. The third-order valence-electron chi connectivity index (χ3n) is 4.67. The molecule has 2 aliphatic rings. The molecule has 25 heavy (non-hydrogen) atoms. The molecule has 2 heterocycles. The quantitative estimate of drug-likeness (QED) is 0.865. The Morgan fingerprint density at radius 2 is 2.08 bits per heavy atom. The smallest absolute Gasteiger partial charge is 0.251 e. The van der Waals surface area contributed by atoms with E-state index in [2.05, 4.69) is 15.5 Å². The SMILES string of the molecule is O=C(NCc1noc([C@@H]2CC(=O)N(CC3CC3)C2)n1)c1ccccc1. The van der Waals surface area contributed by atoms with Gasteiger partial charge in [0.2, 0.25) is 11.8 Å². The zero-order valence-electron chi connectivity index (χ0n) is 13.9. The van der Waals surface area contributed by atoms with Crippen molar-refractivity contribution < 1.29 is 14.1 Å². The number of amides is 2. The van der Waals surface area contributed by atoms with Gasteiger partial charge in [0, 0.05) is 25.1 Å². The molecule has 1 aliphatic carbocycles. The first-order valence-corrected chi connectivity index (χ1v) is 8.62. The molecular weight excluding hydrogens is 320 g/mol. The fourth-order valence-corrected chi connectivity index (χ4v) is 3.08. The van der Waals surface area contributed by atoms with Crippen LogP contribution in [0.1, 0.15) is 47.3 Å². The Hall–Kier alpha value is -2.70. The number of benzene rings is 1. The lowest BCUT2D eigenvalue weighted by Crippen LogP contribution is -2.27. The van der Waals surface area contributed by atoms with Crippen LogP contribution in [0.15, 0.2) is 34.9 Å². The predicted octanol–water partition coefficient (Wildman–Crippen LogP) is 1.73. The van der Waals surface area contributed by atoms with Crippen LogP contribution >= 0.6 is 0 Å². The zero-order valence-corrected chi connectivity index (χ0v) is 13.9. The number of aromatic nitrogens is 2. The predicted molar refractivity (Wildman–Crippen MR) is 88.6 cm³/mol. The van der Waals surface area contributed by atoms with Crippen molar-refractivity contribution in [2.75, 3.05) is 13.1 Å². The molecule has 0 radical (unpaired) electrons. The van der Waals surface area contributed by atoms with Crippen molar-refractivity contribution in [1.82, 2.24) is 20.4 Å². The number of carbonyl (C=O) groups is 2. The first-order valence-electron chi connectivity index (χ1n) is 8.62. The van der Waals surface area contributed by atoms with Gasteiger partial charge in [-0.25, -0.2) is 0 Å². The number of hydrogen-bond donors (Lipinski definition) is 1. The van der Waals surface area contributed by atoms with Crippen LogP contribution in [0.2, 0.25) is 0 Å². The summed E-state index contributed by atoms with van der Waals surface area (Å²) in [5.41, 5.74) is 0.586. The van der Waals surface area contributed by atoms with Gasteiger partial charge in [0.05, 0.1) is 12.5 Å². The third kappa shape index (κ3) is 3.70. The molecular formula is C18H20N4O3. The number of likely N-dealkylation sites (tertiary alicyclic amines) is 1. The van der Waals surface area contributed by atoms with E-state index in [1.54, 1.807) is 12.1 Å². The molecule has 1 aromatic heterocycles. The van der Waals surface area contributed by atoms with Crippen LogP contribution in [0.4, 0.5) is 0 Å². The van der Waals surface area contributed by atoms with Crippen LogP contribution < -0.4 is 5.32 Å². The molecule has 7 heteroatoms. The largest absolute Gasteiger partial charge is 0.345 e. The van der Waals surface area contributed by atoms with Gasteiger partial charge in [-0.1, -0.05) is 23.4 Å². The molecule has 0 unspecified atom stereocenters. The Bertz CT molecular complexity index is 770. The molecule has 2 fully saturated rings. The third-order valence-corrected chi connectivity index (χ3v) is 4.67. The minimum absolute atomic E-state index is 0.0441. The minimum atomic E-state index is -0.182. The Labute approximate surface area is 145 Å². The van der Waals surface area contributed by atoms with Gasteiger partial charge in [0.1, 0.15) is 0 Å². The van der Waals surface area contributed by atoms with Crippen LogP contribution in [0.3, 0.4) is 0 Å². The maximum Gasteiger partial charge on any atom is 0.251 e. The maximum atomic E-state index is 12.1. The second-order valence-electron chi connectivity index (χ2n) is 6.74. The molecule has 1 aliphatic heterocycles. The van der Waals surface area contributed by atoms with E-state index >= 15 is 0 Å². The Morgan fingerprint density at radius 3 is 2.84 bits per heavy atom. The topological polar surface area (TPSA) is 88.3 Å². The van der Waals surface area contributed by atoms with Crippen LogP contribution in [-0.2, 0) is 11.3 Å². The number of nitrogens with zero attached hydrogens (tertiary/aromatic N) is 3. The summed E-state index contributed by atoms with van der Waals surface area (Å²) in [5, 5.41) is 6.69. The normalized spacial score (nSPS) is 20.1. The van der Waals surface area contributed by atoms with Gasteiger partial charge < -0.3 is 14.7 Å². The summed E-state index contributed by atoms with van der Waals surface area (Å²) < 4.78 is 5.31. The molecule has 1 saturated heterocycles. The highest BCUT2D eigenvalue weighted by Gasteiger charge is 2.37. The maximum absolute atomic E-state index is 12.1. The van der Waals surface area contributed by atoms with Crippen molar-refractivity contribution >= 4 is 11.8 Å². The molecule has 2 aromatic rings. The molecule has 1 aromatic carbocycles. The Balaban J connectivity index is 1.33. The van der Waals surface area contributed by atoms with Gasteiger partial charge in [0.15, 0.2) is 5.82 Å². The average Bonchev–Trinajstić information content (AvgIpc) is 3.19. The zero-order chi connectivity index (χ0) is 17.2. The van der Waals surface area contributed by atoms with Gasteiger partial charge in [-0.05, 0) is 30.9 Å². The first-order chi connectivity index (χ1) is 12.2. The highest BCUT2D eigenvalue weighted by Crippen LogP contribution is 2.34. The van der Waals surface area contributed by atoms with Crippen molar-refractivity contribution in [3.8, 4) is 0 Å². The van der Waals surface area contributed by atoms with E-state index in [-0.39, 0.29) is 24.3 Å². The molecule has 0 bridgehead atoms. The lowest BCUT2D eigenvalue weighted by Gasteiger charge is -2.14. The van der Waals surface area contributed by atoms with Gasteiger partial charge in [-0.2, -0.15) is 4.98 Å². The molecule has 0 spiro atoms. The van der Waals surface area contributed by atoms with Gasteiger partial charge >= 0.3 is 0 Å². The molecule has 7 nitrogen and oxygen atoms in total. The van der Waals surface area contributed by atoms with Crippen LogP contribution in [0, 0.1) is 5.92 Å². The van der Waals surface area contributed by atoms with Crippen molar-refractivity contribution in [2.24, 2.45) is 5.92 Å². The summed E-state index contributed by atoms with van der Waals surface area (Å²) in [5.74, 6) is 1.52. The highest BCUT2D eigenvalue weighted by atomic mass is 16.5. The van der Waals surface area contributed by atoms with E-state index in [1.807, 2.05) is 23.1 Å². The number of rotatable bonds is 6. The number of hydrogen-bond acceptors (Lipinski definition) is 5. The first kappa shape index (κ1) is 15.8. The molecule has 1 saturated carbocycles. The average molecular weight is 340 g/mol. The van der Waals surface area contributed by atoms with E-state index in [1.165, 1.54) is 12.8 Å². The summed E-state index contributed by atoms with van der Waals surface area (Å²) in [6.07, 6.45) is 2.87. The lowest BCUT2D eigenvalue weighted by atomic mass is 10.1. The molecule has 130 valence electrons. The Kier molecular flexibility index (Phi) is 4.21. The van der Waals surface area contributed by atoms with Crippen LogP contribution in [-0.4, -0.2) is 39.9 Å². The van der Waals surface area contributed by atoms with Crippen LogP contribution in [0.5, 0.6) is 0 Å². The molecule has 2 amide bonds. The van der Waals surface area contributed by atoms with E-state index in [4.69, 9.17) is 4.52 Å². The van der Waals surface area contributed by atoms with Crippen molar-refractivity contribution in [3.63, 3.8) is 0 Å². The van der Waals surface area contributed by atoms with E-state index < -0.39 is 0 Å². The van der Waals surface area contributed by atoms with E-state index in [9.17, 15) is 9.59 Å². The van der Waals surface area contributed by atoms with Crippen LogP contribution in [0.25, 0.3) is 0 Å². The van der Waals surface area contributed by atoms with Gasteiger partial charge in [-0.3, -0.25) is 9.59 Å². The Morgan fingerprint density at radius 1 is 1.28 bits per heavy atom. The van der Waals surface area contributed by atoms with Crippen molar-refractivity contribution in [2.45, 2.75) is 31.7 Å². The molecule has 1 atom stereocenters. The van der Waals surface area contributed by atoms with Gasteiger partial charge in [0.25, 0.3) is 5.91 Å². The fraction of sp³-hybridized carbons (Fsp3) is 0.444. The summed E-state index contributed by atoms with van der Waals surface area (Å²) in [7, 11) is 0. The van der Waals surface area contributed by atoms with Crippen molar-refractivity contribution in [3.05, 3.63) is 47.6 Å². The summed E-state index contributed by atoms with van der Waals surface area (Å²) in [6, 6.07) is 8.97. The fourth-order valence-electron chi connectivity index (χ4n) is 3.08. The second kappa shape index (κ2) is 6.66. The number of nitrogens with one attached hydrogen (secondary N) is 1. The highest BCUT2D eigenvalue weighted by molar-refractivity contribution is 5.93. The summed E-state index contributed by atoms with van der Waals surface area (Å²) in [6.45, 7) is 1.69. The summed E-state index contributed by atoms with van der Waals surface area (Å²) in [4.78, 5) is 30.4. The number of carbonyl (C=O) groups excluding carboxylic acids is 2. The standard InChI is InChI=1S/C18H20N4O3/c23-16-8-14(11-22(16)10-12-6-7-12)18-20-15(21-25-18)9-19-17(24)13-4-2-1-3-5-13/h1-5,12,14H,6-11H2,(H,19,24)/t14-/m1/s1. The lowest BCUT2D eigenvalue weighted by molar-refractivity contribution is -0.127. The monoisotopic (exact) mass is 340 g/mol. The van der Waals surface area contributed by atoms with E-state index in [0.717, 1.165) is 6.54 Å². The van der Waals surface area contributed by atoms with Crippen molar-refractivity contribution in [1.29, 1.82) is 0 Å².